The van der Waals surface area contributed by atoms with Gasteiger partial charge in [-0.3, -0.25) is 4.79 Å². The average molecular weight is 292 g/mol. The molecule has 5 heteroatoms. The minimum atomic E-state index is -0.688. The molecule has 0 radical (unpaired) electrons. The third kappa shape index (κ3) is 1.93. The molecule has 0 fully saturated rings. The monoisotopic (exact) mass is 291 g/mol. The number of ether oxygens (including phenoxy) is 1. The summed E-state index contributed by atoms with van der Waals surface area (Å²) in [7, 11) is 0. The standard InChI is InChI=1S/C15H11ClFNO2/c16-10-4-5-12-8(6-7-20-12)13(10)14-9(15(18)19)2-1-3-11(14)17/h1-5H,6-7H2,(H2,18,19). The molecule has 0 atom stereocenters. The van der Waals surface area contributed by atoms with Gasteiger partial charge >= 0.3 is 0 Å². The maximum absolute atomic E-state index is 14.2. The van der Waals surface area contributed by atoms with E-state index in [1.54, 1.807) is 12.1 Å². The molecule has 1 aliphatic heterocycles. The van der Waals surface area contributed by atoms with E-state index in [2.05, 4.69) is 0 Å². The fourth-order valence-corrected chi connectivity index (χ4v) is 2.77. The van der Waals surface area contributed by atoms with Crippen molar-refractivity contribution >= 4 is 17.5 Å². The summed E-state index contributed by atoms with van der Waals surface area (Å²) in [6, 6.07) is 7.61. The Labute approximate surface area is 120 Å². The number of amides is 1. The van der Waals surface area contributed by atoms with Crippen molar-refractivity contribution in [2.75, 3.05) is 6.61 Å². The van der Waals surface area contributed by atoms with Crippen LogP contribution in [0.15, 0.2) is 30.3 Å². The first-order valence-electron chi connectivity index (χ1n) is 6.12. The summed E-state index contributed by atoms with van der Waals surface area (Å²) in [6.07, 6.45) is 0.623. The van der Waals surface area contributed by atoms with E-state index < -0.39 is 11.7 Å². The summed E-state index contributed by atoms with van der Waals surface area (Å²) in [5, 5.41) is 0.377. The van der Waals surface area contributed by atoms with Crippen LogP contribution in [0.1, 0.15) is 15.9 Å². The summed E-state index contributed by atoms with van der Waals surface area (Å²) in [5.74, 6) is -0.543. The highest BCUT2D eigenvalue weighted by Gasteiger charge is 2.24. The van der Waals surface area contributed by atoms with E-state index in [1.807, 2.05) is 0 Å². The third-order valence-corrected chi connectivity index (χ3v) is 3.67. The van der Waals surface area contributed by atoms with Crippen molar-refractivity contribution < 1.29 is 13.9 Å². The first-order chi connectivity index (χ1) is 9.59. The van der Waals surface area contributed by atoms with Gasteiger partial charge in [-0.05, 0) is 24.3 Å². The Morgan fingerprint density at radius 3 is 2.80 bits per heavy atom. The van der Waals surface area contributed by atoms with Crippen molar-refractivity contribution in [1.29, 1.82) is 0 Å². The summed E-state index contributed by atoms with van der Waals surface area (Å²) in [5.41, 5.74) is 6.90. The molecule has 102 valence electrons. The van der Waals surface area contributed by atoms with Gasteiger partial charge in [0.2, 0.25) is 5.91 Å². The van der Waals surface area contributed by atoms with E-state index >= 15 is 0 Å². The molecule has 1 aliphatic rings. The van der Waals surface area contributed by atoms with Crippen LogP contribution in [-0.4, -0.2) is 12.5 Å². The molecule has 3 rings (SSSR count). The van der Waals surface area contributed by atoms with E-state index in [0.717, 1.165) is 5.56 Å². The smallest absolute Gasteiger partial charge is 0.249 e. The van der Waals surface area contributed by atoms with Crippen LogP contribution in [0.3, 0.4) is 0 Å². The Kier molecular flexibility index (Phi) is 3.10. The van der Waals surface area contributed by atoms with Gasteiger partial charge in [-0.25, -0.2) is 4.39 Å². The van der Waals surface area contributed by atoms with Gasteiger partial charge in [0.1, 0.15) is 11.6 Å². The van der Waals surface area contributed by atoms with Crippen molar-refractivity contribution in [2.45, 2.75) is 6.42 Å². The van der Waals surface area contributed by atoms with Gasteiger partial charge in [-0.1, -0.05) is 17.7 Å². The lowest BCUT2D eigenvalue weighted by atomic mass is 9.93. The molecule has 0 saturated carbocycles. The highest BCUT2D eigenvalue weighted by atomic mass is 35.5. The number of carbonyl (C=O) groups is 1. The zero-order valence-electron chi connectivity index (χ0n) is 10.5. The molecular weight excluding hydrogens is 281 g/mol. The summed E-state index contributed by atoms with van der Waals surface area (Å²) in [6.45, 7) is 0.517. The predicted molar refractivity (Wildman–Crippen MR) is 74.6 cm³/mol. The third-order valence-electron chi connectivity index (χ3n) is 3.36. The first-order valence-corrected chi connectivity index (χ1v) is 6.50. The summed E-state index contributed by atoms with van der Waals surface area (Å²) < 4.78 is 19.7. The van der Waals surface area contributed by atoms with E-state index in [-0.39, 0.29) is 11.1 Å². The first kappa shape index (κ1) is 12.9. The van der Waals surface area contributed by atoms with Gasteiger partial charge in [0.15, 0.2) is 0 Å². The minimum absolute atomic E-state index is 0.118. The second kappa shape index (κ2) is 4.80. The van der Waals surface area contributed by atoms with E-state index in [1.165, 1.54) is 18.2 Å². The molecule has 20 heavy (non-hydrogen) atoms. The Balaban J connectivity index is 2.35. The van der Waals surface area contributed by atoms with Gasteiger partial charge in [0.05, 0.1) is 6.61 Å². The molecule has 0 aliphatic carbocycles. The van der Waals surface area contributed by atoms with Gasteiger partial charge in [-0.15, -0.1) is 0 Å². The van der Waals surface area contributed by atoms with Crippen LogP contribution in [-0.2, 0) is 6.42 Å². The van der Waals surface area contributed by atoms with Crippen LogP contribution in [0, 0.1) is 5.82 Å². The van der Waals surface area contributed by atoms with Crippen LogP contribution >= 0.6 is 11.6 Å². The summed E-state index contributed by atoms with van der Waals surface area (Å²) in [4.78, 5) is 11.5. The number of hydrogen-bond acceptors (Lipinski definition) is 2. The van der Waals surface area contributed by atoms with E-state index in [0.29, 0.717) is 29.4 Å². The lowest BCUT2D eigenvalue weighted by Gasteiger charge is -2.13. The molecule has 1 amide bonds. The number of rotatable bonds is 2. The molecule has 1 heterocycles. The molecule has 2 aromatic carbocycles. The van der Waals surface area contributed by atoms with Crippen LogP contribution in [0.5, 0.6) is 5.75 Å². The minimum Gasteiger partial charge on any atom is -0.493 e. The lowest BCUT2D eigenvalue weighted by molar-refractivity contribution is 0.100. The number of primary amides is 1. The number of halogens is 2. The van der Waals surface area contributed by atoms with Crippen molar-refractivity contribution in [3.8, 4) is 16.9 Å². The van der Waals surface area contributed by atoms with Gasteiger partial charge in [0, 0.05) is 33.7 Å². The van der Waals surface area contributed by atoms with Crippen LogP contribution in [0.2, 0.25) is 5.02 Å². The average Bonchev–Trinajstić information content (AvgIpc) is 2.87. The maximum Gasteiger partial charge on any atom is 0.249 e. The van der Waals surface area contributed by atoms with Crippen molar-refractivity contribution in [2.24, 2.45) is 5.73 Å². The molecule has 0 aromatic heterocycles. The molecule has 2 N–H and O–H groups in total. The largest absolute Gasteiger partial charge is 0.493 e. The maximum atomic E-state index is 14.2. The van der Waals surface area contributed by atoms with Crippen molar-refractivity contribution in [3.05, 3.63) is 52.3 Å². The molecule has 0 bridgehead atoms. The molecule has 0 spiro atoms. The fraction of sp³-hybridized carbons (Fsp3) is 0.133. The van der Waals surface area contributed by atoms with Gasteiger partial charge in [0.25, 0.3) is 0 Å². The normalized spacial score (nSPS) is 12.9. The molecule has 0 unspecified atom stereocenters. The van der Waals surface area contributed by atoms with Crippen molar-refractivity contribution in [1.82, 2.24) is 0 Å². The van der Waals surface area contributed by atoms with E-state index in [9.17, 15) is 9.18 Å². The van der Waals surface area contributed by atoms with Crippen LogP contribution < -0.4 is 10.5 Å². The Hall–Kier alpha value is -2.07. The molecular formula is C15H11ClFNO2. The molecule has 0 saturated heterocycles. The Bertz CT molecular complexity index is 715. The zero-order valence-corrected chi connectivity index (χ0v) is 11.2. The number of carbonyl (C=O) groups excluding carboxylic acids is 1. The zero-order chi connectivity index (χ0) is 14.3. The quantitative estimate of drug-likeness (QED) is 0.924. The second-order valence-corrected chi connectivity index (χ2v) is 4.93. The molecule has 2 aromatic rings. The van der Waals surface area contributed by atoms with Gasteiger partial charge in [-0.2, -0.15) is 0 Å². The number of benzene rings is 2. The lowest BCUT2D eigenvalue weighted by Crippen LogP contribution is -2.13. The fourth-order valence-electron chi connectivity index (χ4n) is 2.50. The van der Waals surface area contributed by atoms with Crippen molar-refractivity contribution in [3.63, 3.8) is 0 Å². The highest BCUT2D eigenvalue weighted by molar-refractivity contribution is 6.34. The Morgan fingerprint density at radius 1 is 1.25 bits per heavy atom. The molecule has 3 nitrogen and oxygen atoms in total. The second-order valence-electron chi connectivity index (χ2n) is 4.52. The van der Waals surface area contributed by atoms with Crippen LogP contribution in [0.25, 0.3) is 11.1 Å². The predicted octanol–water partition coefficient (Wildman–Crippen LogP) is 3.18. The highest BCUT2D eigenvalue weighted by Crippen LogP contribution is 2.41. The Morgan fingerprint density at radius 2 is 2.05 bits per heavy atom. The number of hydrogen-bond donors (Lipinski definition) is 1. The van der Waals surface area contributed by atoms with Gasteiger partial charge < -0.3 is 10.5 Å². The van der Waals surface area contributed by atoms with Crippen LogP contribution in [0.4, 0.5) is 4.39 Å². The SMILES string of the molecule is NC(=O)c1cccc(F)c1-c1c(Cl)ccc2c1CCO2. The number of nitrogens with two attached hydrogens (primary N) is 1. The topological polar surface area (TPSA) is 52.3 Å². The van der Waals surface area contributed by atoms with E-state index in [4.69, 9.17) is 22.1 Å². The summed E-state index contributed by atoms with van der Waals surface area (Å²) >= 11 is 6.22. The number of fused-ring (bicyclic) bond motifs is 1.